The van der Waals surface area contributed by atoms with E-state index in [0.29, 0.717) is 18.9 Å². The number of nitrogens with one attached hydrogen (secondary N) is 3. The molecule has 0 radical (unpaired) electrons. The molecular weight excluding hydrogens is 461 g/mol. The van der Waals surface area contributed by atoms with E-state index in [1.807, 2.05) is 13.8 Å². The molecule has 3 amide bonds. The molecule has 1 saturated carbocycles. The molecule has 3 atom stereocenters. The van der Waals surface area contributed by atoms with Crippen molar-refractivity contribution in [3.05, 3.63) is 35.4 Å². The minimum atomic E-state index is -4.57. The van der Waals surface area contributed by atoms with Gasteiger partial charge >= 0.3 is 6.18 Å². The highest BCUT2D eigenvalue weighted by molar-refractivity contribution is 5.96. The van der Waals surface area contributed by atoms with Crippen molar-refractivity contribution < 1.29 is 27.6 Å². The normalized spacial score (nSPS) is 20.7. The predicted octanol–water partition coefficient (Wildman–Crippen LogP) is 3.34. The highest BCUT2D eigenvalue weighted by Gasteiger charge is 2.38. The number of alkyl halides is 3. The van der Waals surface area contributed by atoms with Crippen LogP contribution in [0.1, 0.15) is 69.8 Å². The number of hydrogen-bond donors (Lipinski definition) is 3. The molecule has 1 aliphatic carbocycles. The van der Waals surface area contributed by atoms with Crippen LogP contribution in [0.5, 0.6) is 0 Å². The first-order valence-electron chi connectivity index (χ1n) is 12.1. The lowest BCUT2D eigenvalue weighted by Crippen LogP contribution is -2.55. The van der Waals surface area contributed by atoms with Crippen LogP contribution in [0.2, 0.25) is 0 Å². The van der Waals surface area contributed by atoms with Crippen molar-refractivity contribution in [3.63, 3.8) is 0 Å². The average molecular weight is 499 g/mol. The van der Waals surface area contributed by atoms with E-state index >= 15 is 0 Å². The molecule has 1 fully saturated rings. The Bertz CT molecular complexity index is 889. The van der Waals surface area contributed by atoms with Crippen LogP contribution >= 0.6 is 0 Å². The van der Waals surface area contributed by atoms with Gasteiger partial charge < -0.3 is 16.0 Å². The van der Waals surface area contributed by atoms with Gasteiger partial charge in [-0.1, -0.05) is 13.0 Å². The number of benzene rings is 1. The molecule has 1 aromatic carbocycles. The second kappa shape index (κ2) is 12.4. The molecule has 0 bridgehead atoms. The van der Waals surface area contributed by atoms with E-state index in [2.05, 4.69) is 41.6 Å². The quantitative estimate of drug-likeness (QED) is 0.487. The summed E-state index contributed by atoms with van der Waals surface area (Å²) < 4.78 is 38.7. The van der Waals surface area contributed by atoms with Crippen LogP contribution in [-0.2, 0) is 15.8 Å². The average Bonchev–Trinajstić information content (AvgIpc) is 2.77. The Labute approximate surface area is 205 Å². The highest BCUT2D eigenvalue weighted by Crippen LogP contribution is 2.30. The molecule has 1 aromatic rings. The van der Waals surface area contributed by atoms with Crippen LogP contribution < -0.4 is 16.0 Å². The molecule has 0 spiro atoms. The van der Waals surface area contributed by atoms with Crippen LogP contribution in [-0.4, -0.2) is 59.9 Å². The van der Waals surface area contributed by atoms with Gasteiger partial charge in [0, 0.05) is 29.7 Å². The third-order valence-corrected chi connectivity index (χ3v) is 6.30. The second-order valence-corrected chi connectivity index (χ2v) is 9.60. The molecule has 2 rings (SSSR count). The molecule has 3 N–H and O–H groups in total. The molecule has 0 aliphatic heterocycles. The molecule has 196 valence electrons. The summed E-state index contributed by atoms with van der Waals surface area (Å²) in [6.45, 7) is 10.5. The number of amides is 3. The van der Waals surface area contributed by atoms with Crippen molar-refractivity contribution in [1.82, 2.24) is 20.9 Å². The van der Waals surface area contributed by atoms with Crippen molar-refractivity contribution >= 4 is 17.7 Å². The monoisotopic (exact) mass is 498 g/mol. The highest BCUT2D eigenvalue weighted by atomic mass is 19.4. The van der Waals surface area contributed by atoms with Crippen LogP contribution in [0.3, 0.4) is 0 Å². The lowest BCUT2D eigenvalue weighted by atomic mass is 9.79. The van der Waals surface area contributed by atoms with Gasteiger partial charge in [-0.05, 0) is 71.7 Å². The summed E-state index contributed by atoms with van der Waals surface area (Å²) in [6, 6.07) is 4.13. The van der Waals surface area contributed by atoms with E-state index in [9.17, 15) is 27.6 Å². The Morgan fingerprint density at radius 2 is 1.80 bits per heavy atom. The first-order chi connectivity index (χ1) is 16.3. The van der Waals surface area contributed by atoms with Gasteiger partial charge in [-0.25, -0.2) is 0 Å². The summed E-state index contributed by atoms with van der Waals surface area (Å²) in [5.74, 6) is -1.82. The van der Waals surface area contributed by atoms with Gasteiger partial charge in [-0.2, -0.15) is 13.2 Å². The zero-order valence-electron chi connectivity index (χ0n) is 21.0. The first kappa shape index (κ1) is 28.6. The number of halogens is 3. The molecular formula is C25H37F3N4O3. The molecule has 0 heterocycles. The zero-order chi connectivity index (χ0) is 26.3. The summed E-state index contributed by atoms with van der Waals surface area (Å²) in [5.41, 5.74) is -1.12. The number of carbonyl (C=O) groups excluding carboxylic acids is 3. The van der Waals surface area contributed by atoms with Crippen molar-refractivity contribution in [2.45, 2.75) is 84.2 Å². The van der Waals surface area contributed by atoms with Gasteiger partial charge in [0.2, 0.25) is 11.8 Å². The first-order valence-corrected chi connectivity index (χ1v) is 12.1. The maximum atomic E-state index is 12.9. The van der Waals surface area contributed by atoms with Gasteiger partial charge in [0.05, 0.1) is 18.0 Å². The Balaban J connectivity index is 2.03. The lowest BCUT2D eigenvalue weighted by molar-refractivity contribution is -0.137. The van der Waals surface area contributed by atoms with Crippen LogP contribution in [0.25, 0.3) is 0 Å². The minimum Gasteiger partial charge on any atom is -0.354 e. The van der Waals surface area contributed by atoms with Crippen molar-refractivity contribution in [2.75, 3.05) is 13.1 Å². The maximum absolute atomic E-state index is 12.9. The predicted molar refractivity (Wildman–Crippen MR) is 128 cm³/mol. The molecule has 10 heteroatoms. The van der Waals surface area contributed by atoms with Gasteiger partial charge in [-0.15, -0.1) is 0 Å². The van der Waals surface area contributed by atoms with Crippen molar-refractivity contribution in [2.24, 2.45) is 5.92 Å². The zero-order valence-corrected chi connectivity index (χ0v) is 21.0. The number of nitrogens with zero attached hydrogens (tertiary/aromatic N) is 1. The fourth-order valence-electron chi connectivity index (χ4n) is 4.71. The fourth-order valence-corrected chi connectivity index (χ4v) is 4.71. The molecule has 0 aromatic heterocycles. The van der Waals surface area contributed by atoms with Gasteiger partial charge in [0.15, 0.2) is 0 Å². The van der Waals surface area contributed by atoms with E-state index in [0.717, 1.165) is 31.2 Å². The van der Waals surface area contributed by atoms with E-state index < -0.39 is 42.1 Å². The third-order valence-electron chi connectivity index (χ3n) is 6.30. The maximum Gasteiger partial charge on any atom is 0.416 e. The standard InChI is InChI=1S/C25H37F3N4O3/c1-6-32(16(4)5)19-10-11-21(20(13-19)24(35)30-15(2)3)31-22(33)14-29-23(34)17-8-7-9-18(12-17)25(26,27)28/h7-9,12,15-16,19-21H,6,10-11,13-14H2,1-5H3,(H,29,34)(H,30,35)(H,31,33)/t19-,20-,21+/m1/s1. The smallest absolute Gasteiger partial charge is 0.354 e. The number of carbonyl (C=O) groups is 3. The molecule has 7 nitrogen and oxygen atoms in total. The Kier molecular flexibility index (Phi) is 10.1. The molecule has 0 saturated heterocycles. The molecule has 1 aliphatic rings. The van der Waals surface area contributed by atoms with E-state index in [1.165, 1.54) is 6.07 Å². The van der Waals surface area contributed by atoms with Crippen LogP contribution in [0.4, 0.5) is 13.2 Å². The van der Waals surface area contributed by atoms with Crippen LogP contribution in [0.15, 0.2) is 24.3 Å². The summed E-state index contributed by atoms with van der Waals surface area (Å²) in [5, 5.41) is 8.17. The summed E-state index contributed by atoms with van der Waals surface area (Å²) in [7, 11) is 0. The van der Waals surface area contributed by atoms with Crippen molar-refractivity contribution in [1.29, 1.82) is 0 Å². The van der Waals surface area contributed by atoms with E-state index in [1.54, 1.807) is 0 Å². The van der Waals surface area contributed by atoms with Crippen molar-refractivity contribution in [3.8, 4) is 0 Å². The van der Waals surface area contributed by atoms with E-state index in [-0.39, 0.29) is 23.6 Å². The fraction of sp³-hybridized carbons (Fsp3) is 0.640. The molecule has 35 heavy (non-hydrogen) atoms. The van der Waals surface area contributed by atoms with Gasteiger partial charge in [0.25, 0.3) is 5.91 Å². The minimum absolute atomic E-state index is 0.0432. The number of hydrogen-bond acceptors (Lipinski definition) is 4. The van der Waals surface area contributed by atoms with E-state index in [4.69, 9.17) is 0 Å². The second-order valence-electron chi connectivity index (χ2n) is 9.60. The Morgan fingerprint density at radius 3 is 2.37 bits per heavy atom. The summed E-state index contributed by atoms with van der Waals surface area (Å²) in [6.07, 6.45) is -2.54. The van der Waals surface area contributed by atoms with Crippen LogP contribution in [0, 0.1) is 5.92 Å². The van der Waals surface area contributed by atoms with Gasteiger partial charge in [-0.3, -0.25) is 19.3 Å². The summed E-state index contributed by atoms with van der Waals surface area (Å²) >= 11 is 0. The lowest BCUT2D eigenvalue weighted by Gasteiger charge is -2.42. The molecule has 0 unspecified atom stereocenters. The Hall–Kier alpha value is -2.62. The topological polar surface area (TPSA) is 90.5 Å². The number of rotatable bonds is 9. The summed E-state index contributed by atoms with van der Waals surface area (Å²) in [4.78, 5) is 40.2. The third kappa shape index (κ3) is 8.23. The largest absolute Gasteiger partial charge is 0.416 e. The SMILES string of the molecule is CCN(C(C)C)[C@@H]1CC[C@H](NC(=O)CNC(=O)c2cccc(C(F)(F)F)c2)[C@H](C(=O)NC(C)C)C1. The van der Waals surface area contributed by atoms with Gasteiger partial charge in [0.1, 0.15) is 0 Å². The Morgan fingerprint density at radius 1 is 1.11 bits per heavy atom.